The molecule has 1 unspecified atom stereocenters. The quantitative estimate of drug-likeness (QED) is 0.430. The molecule has 0 saturated heterocycles. The summed E-state index contributed by atoms with van der Waals surface area (Å²) in [6, 6.07) is 4.12. The number of carbonyl (C=O) groups excluding carboxylic acids is 2. The van der Waals surface area contributed by atoms with E-state index in [9.17, 15) is 24.8 Å². The largest absolute Gasteiger partial charge is 0.548 e. The van der Waals surface area contributed by atoms with Crippen LogP contribution in [-0.2, 0) is 16.0 Å². The van der Waals surface area contributed by atoms with Gasteiger partial charge in [-0.1, -0.05) is 25.5 Å². The third-order valence-corrected chi connectivity index (χ3v) is 2.89. The maximum absolute atomic E-state index is 11.5. The van der Waals surface area contributed by atoms with Crippen LogP contribution in [0.5, 0.6) is 0 Å². The zero-order chi connectivity index (χ0) is 16.5. The first-order chi connectivity index (χ1) is 10.4. The molecule has 1 aromatic rings. The Morgan fingerprint density at radius 2 is 1.95 bits per heavy atom. The maximum Gasteiger partial charge on any atom is 0.407 e. The number of hydrogen-bond donors (Lipinski definition) is 1. The van der Waals surface area contributed by atoms with Crippen molar-refractivity contribution in [2.24, 2.45) is 0 Å². The molecule has 0 aromatic heterocycles. The van der Waals surface area contributed by atoms with Gasteiger partial charge in [0, 0.05) is 12.1 Å². The Bertz CT molecular complexity index is 529. The molecule has 0 bridgehead atoms. The number of hydrogen-bond acceptors (Lipinski definition) is 6. The van der Waals surface area contributed by atoms with Crippen LogP contribution in [0.25, 0.3) is 0 Å². The van der Waals surface area contributed by atoms with Gasteiger partial charge < -0.3 is 20.0 Å². The van der Waals surface area contributed by atoms with Gasteiger partial charge in [-0.25, -0.2) is 4.79 Å². The lowest BCUT2D eigenvalue weighted by molar-refractivity contribution is -0.384. The van der Waals surface area contributed by atoms with Gasteiger partial charge >= 0.3 is 6.09 Å². The second-order valence-electron chi connectivity index (χ2n) is 4.63. The van der Waals surface area contributed by atoms with Crippen molar-refractivity contribution in [1.29, 1.82) is 0 Å². The molecule has 0 aliphatic carbocycles. The molecule has 8 heteroatoms. The van der Waals surface area contributed by atoms with E-state index in [-0.39, 0.29) is 18.7 Å². The van der Waals surface area contributed by atoms with Gasteiger partial charge in [0.1, 0.15) is 0 Å². The number of benzene rings is 1. The fourth-order valence-corrected chi connectivity index (χ4v) is 1.68. The van der Waals surface area contributed by atoms with E-state index in [1.54, 1.807) is 0 Å². The van der Waals surface area contributed by atoms with Crippen molar-refractivity contribution in [3.63, 3.8) is 0 Å². The zero-order valence-corrected chi connectivity index (χ0v) is 12.1. The van der Waals surface area contributed by atoms with Gasteiger partial charge in [-0.05, 0) is 18.4 Å². The third-order valence-electron chi connectivity index (χ3n) is 2.89. The fraction of sp³-hybridized carbons (Fsp3) is 0.429. The number of nitrogens with zero attached hydrogens (tertiary/aromatic N) is 1. The smallest absolute Gasteiger partial charge is 0.407 e. The number of amides is 1. The summed E-state index contributed by atoms with van der Waals surface area (Å²) < 4.78 is 4.82. The fourth-order valence-electron chi connectivity index (χ4n) is 1.68. The van der Waals surface area contributed by atoms with Gasteiger partial charge in [-0.15, -0.1) is 0 Å². The summed E-state index contributed by atoms with van der Waals surface area (Å²) in [6.07, 6.45) is 0.652. The lowest BCUT2D eigenvalue weighted by Crippen LogP contribution is -2.49. The Kier molecular flexibility index (Phi) is 6.81. The lowest BCUT2D eigenvalue weighted by Gasteiger charge is -2.19. The Morgan fingerprint density at radius 1 is 1.32 bits per heavy atom. The monoisotopic (exact) mass is 309 g/mol. The van der Waals surface area contributed by atoms with E-state index in [4.69, 9.17) is 4.74 Å². The highest BCUT2D eigenvalue weighted by molar-refractivity contribution is 5.78. The minimum Gasteiger partial charge on any atom is -0.548 e. The van der Waals surface area contributed by atoms with Crippen molar-refractivity contribution in [1.82, 2.24) is 5.32 Å². The van der Waals surface area contributed by atoms with Crippen molar-refractivity contribution >= 4 is 17.7 Å². The molecule has 0 saturated carbocycles. The predicted octanol–water partition coefficient (Wildman–Crippen LogP) is 0.782. The van der Waals surface area contributed by atoms with Gasteiger partial charge in [-0.2, -0.15) is 0 Å². The van der Waals surface area contributed by atoms with E-state index < -0.39 is 23.0 Å². The topological polar surface area (TPSA) is 122 Å². The number of nitro benzene ring substituents is 1. The van der Waals surface area contributed by atoms with Crippen LogP contribution in [0.4, 0.5) is 10.5 Å². The summed E-state index contributed by atoms with van der Waals surface area (Å²) in [5.41, 5.74) is 0.425. The van der Waals surface area contributed by atoms with Crippen molar-refractivity contribution in [2.45, 2.75) is 32.2 Å². The summed E-state index contributed by atoms with van der Waals surface area (Å²) in [5.74, 6) is -1.45. The Morgan fingerprint density at radius 3 is 2.45 bits per heavy atom. The molecule has 1 atom stereocenters. The lowest BCUT2D eigenvalue weighted by atomic mass is 10.1. The number of aliphatic carboxylic acids is 1. The van der Waals surface area contributed by atoms with Crippen LogP contribution in [0.15, 0.2) is 24.3 Å². The van der Waals surface area contributed by atoms with E-state index in [0.29, 0.717) is 12.0 Å². The van der Waals surface area contributed by atoms with Crippen LogP contribution >= 0.6 is 0 Å². The van der Waals surface area contributed by atoms with E-state index in [1.165, 1.54) is 24.3 Å². The van der Waals surface area contributed by atoms with E-state index in [0.717, 1.165) is 6.42 Å². The summed E-state index contributed by atoms with van der Waals surface area (Å²) >= 11 is 0. The number of carboxylic acid groups (broad SMARTS) is 1. The highest BCUT2D eigenvalue weighted by Gasteiger charge is 2.15. The number of alkyl carbamates (subject to hydrolysis) is 1. The molecule has 120 valence electrons. The van der Waals surface area contributed by atoms with E-state index >= 15 is 0 Å². The number of nitro groups is 1. The van der Waals surface area contributed by atoms with Crippen LogP contribution in [0, 0.1) is 10.1 Å². The van der Waals surface area contributed by atoms with Crippen LogP contribution < -0.4 is 10.4 Å². The minimum atomic E-state index is -1.45. The van der Waals surface area contributed by atoms with Crippen molar-refractivity contribution in [3.8, 4) is 0 Å². The number of carboxylic acids is 1. The van der Waals surface area contributed by atoms with Crippen LogP contribution in [-0.4, -0.2) is 29.6 Å². The second-order valence-corrected chi connectivity index (χ2v) is 4.63. The minimum absolute atomic E-state index is 0.0524. The molecule has 0 aliphatic rings. The Hall–Kier alpha value is -2.64. The van der Waals surface area contributed by atoms with Gasteiger partial charge in [0.25, 0.3) is 5.69 Å². The average Bonchev–Trinajstić information content (AvgIpc) is 2.47. The SMILES string of the molecule is CCCCOC(=O)NC(Cc1ccc([N+](=O)[O-])cc1)C(=O)[O-]. The van der Waals surface area contributed by atoms with E-state index in [1.807, 2.05) is 6.92 Å². The summed E-state index contributed by atoms with van der Waals surface area (Å²) in [4.78, 5) is 32.5. The molecule has 0 spiro atoms. The molecule has 0 heterocycles. The number of ether oxygens (including phenoxy) is 1. The summed E-state index contributed by atoms with van der Waals surface area (Å²) in [7, 11) is 0. The maximum atomic E-state index is 11.5. The van der Waals surface area contributed by atoms with Crippen LogP contribution in [0.1, 0.15) is 25.3 Å². The molecule has 1 aromatic carbocycles. The van der Waals surface area contributed by atoms with Gasteiger partial charge in [-0.3, -0.25) is 10.1 Å². The summed E-state index contributed by atoms with van der Waals surface area (Å²) in [5, 5.41) is 23.8. The number of non-ortho nitro benzene ring substituents is 1. The number of unbranched alkanes of at least 4 members (excludes halogenated alkanes) is 1. The number of rotatable bonds is 8. The van der Waals surface area contributed by atoms with Gasteiger partial charge in [0.05, 0.1) is 23.5 Å². The molecule has 1 amide bonds. The molecule has 1 N–H and O–H groups in total. The molecule has 22 heavy (non-hydrogen) atoms. The van der Waals surface area contributed by atoms with Crippen LogP contribution in [0.2, 0.25) is 0 Å². The molecule has 0 radical (unpaired) electrons. The third kappa shape index (κ3) is 5.78. The Labute approximate surface area is 127 Å². The predicted molar refractivity (Wildman–Crippen MR) is 75.0 cm³/mol. The van der Waals surface area contributed by atoms with Crippen molar-refractivity contribution in [2.75, 3.05) is 6.61 Å². The standard InChI is InChI=1S/C14H18N2O6/c1-2-3-8-22-14(19)15-12(13(17)18)9-10-4-6-11(7-5-10)16(20)21/h4-7,12H,2-3,8-9H2,1H3,(H,15,19)(H,17,18)/p-1. The first-order valence-electron chi connectivity index (χ1n) is 6.81. The van der Waals surface area contributed by atoms with Crippen LogP contribution in [0.3, 0.4) is 0 Å². The van der Waals surface area contributed by atoms with Gasteiger partial charge in [0.15, 0.2) is 0 Å². The van der Waals surface area contributed by atoms with Gasteiger partial charge in [0.2, 0.25) is 0 Å². The normalized spacial score (nSPS) is 11.5. The highest BCUT2D eigenvalue weighted by Crippen LogP contribution is 2.13. The van der Waals surface area contributed by atoms with Crippen molar-refractivity contribution < 1.29 is 24.4 Å². The molecular weight excluding hydrogens is 292 g/mol. The zero-order valence-electron chi connectivity index (χ0n) is 12.1. The number of carbonyl (C=O) groups is 2. The highest BCUT2D eigenvalue weighted by atomic mass is 16.6. The second kappa shape index (κ2) is 8.60. The molecule has 1 rings (SSSR count). The molecule has 8 nitrogen and oxygen atoms in total. The average molecular weight is 309 g/mol. The first kappa shape index (κ1) is 17.4. The molecule has 0 aliphatic heterocycles. The van der Waals surface area contributed by atoms with E-state index in [2.05, 4.69) is 5.32 Å². The number of nitrogens with one attached hydrogen (secondary N) is 1. The van der Waals surface area contributed by atoms with Crippen molar-refractivity contribution in [3.05, 3.63) is 39.9 Å². The Balaban J connectivity index is 2.62. The molecular formula is C14H17N2O6-. The summed E-state index contributed by atoms with van der Waals surface area (Å²) in [6.45, 7) is 2.14. The molecule has 0 fully saturated rings. The first-order valence-corrected chi connectivity index (χ1v) is 6.81.